The molecule has 170 valence electrons. The summed E-state index contributed by atoms with van der Waals surface area (Å²) in [5.41, 5.74) is 11.6. The molecule has 0 saturated heterocycles. The van der Waals surface area contributed by atoms with Crippen molar-refractivity contribution in [2.75, 3.05) is 0 Å². The SMILES string of the molecule is Cc1cc(C(C)(C)C)c2c(c1C)-c1c(C)c(C)cc(C(C)(C)C)c1[C@@](C)(OP(O)O)C2. The molecule has 0 saturated carbocycles. The Hall–Kier alpha value is -1.25. The largest absolute Gasteiger partial charge is 0.328 e. The van der Waals surface area contributed by atoms with Crippen molar-refractivity contribution in [2.45, 2.75) is 99.0 Å². The number of benzene rings is 2. The van der Waals surface area contributed by atoms with Gasteiger partial charge in [0, 0.05) is 6.42 Å². The summed E-state index contributed by atoms with van der Waals surface area (Å²) in [6.07, 6.45) is 0.620. The van der Waals surface area contributed by atoms with E-state index in [1.807, 2.05) is 6.92 Å². The van der Waals surface area contributed by atoms with Gasteiger partial charge in [-0.15, -0.1) is 0 Å². The lowest BCUT2D eigenvalue weighted by atomic mass is 9.64. The van der Waals surface area contributed by atoms with Crippen LogP contribution >= 0.6 is 8.60 Å². The van der Waals surface area contributed by atoms with Crippen LogP contribution in [-0.2, 0) is 27.4 Å². The molecule has 0 bridgehead atoms. The number of rotatable bonds is 2. The molecule has 4 heteroatoms. The molecule has 2 aromatic carbocycles. The predicted octanol–water partition coefficient (Wildman–Crippen LogP) is 7.18. The Morgan fingerprint density at radius 3 is 1.71 bits per heavy atom. The lowest BCUT2D eigenvalue weighted by Gasteiger charge is -2.44. The number of aryl methyl sites for hydroxylation is 2. The van der Waals surface area contributed by atoms with E-state index in [9.17, 15) is 9.79 Å². The molecule has 31 heavy (non-hydrogen) atoms. The zero-order valence-electron chi connectivity index (χ0n) is 21.1. The maximum Gasteiger partial charge on any atom is 0.327 e. The van der Waals surface area contributed by atoms with Gasteiger partial charge in [-0.2, -0.15) is 0 Å². The highest BCUT2D eigenvalue weighted by Gasteiger charge is 2.44. The van der Waals surface area contributed by atoms with Crippen LogP contribution in [0.4, 0.5) is 0 Å². The van der Waals surface area contributed by atoms with Crippen LogP contribution in [0.1, 0.15) is 93.0 Å². The van der Waals surface area contributed by atoms with Gasteiger partial charge < -0.3 is 14.3 Å². The lowest BCUT2D eigenvalue weighted by Crippen LogP contribution is -2.37. The Balaban J connectivity index is 2.60. The van der Waals surface area contributed by atoms with Gasteiger partial charge >= 0.3 is 8.60 Å². The minimum atomic E-state index is -2.50. The molecule has 1 aliphatic carbocycles. The fraction of sp³-hybridized carbons (Fsp3) is 0.556. The van der Waals surface area contributed by atoms with E-state index in [4.69, 9.17) is 4.52 Å². The van der Waals surface area contributed by atoms with E-state index in [1.54, 1.807) is 0 Å². The van der Waals surface area contributed by atoms with Gasteiger partial charge in [0.1, 0.15) is 5.60 Å². The molecule has 0 unspecified atom stereocenters. The van der Waals surface area contributed by atoms with Gasteiger partial charge in [-0.05, 0) is 101 Å². The average molecular weight is 443 g/mol. The molecular formula is C27H39O3P. The molecule has 0 radical (unpaired) electrons. The van der Waals surface area contributed by atoms with Gasteiger partial charge in [-0.3, -0.25) is 0 Å². The van der Waals surface area contributed by atoms with Crippen LogP contribution in [0.25, 0.3) is 11.1 Å². The third kappa shape index (κ3) is 4.11. The topological polar surface area (TPSA) is 49.7 Å². The maximum atomic E-state index is 9.99. The van der Waals surface area contributed by atoms with Crippen molar-refractivity contribution in [3.63, 3.8) is 0 Å². The zero-order valence-corrected chi connectivity index (χ0v) is 22.0. The molecular weight excluding hydrogens is 403 g/mol. The van der Waals surface area contributed by atoms with E-state index in [0.717, 1.165) is 5.56 Å². The molecule has 2 aromatic rings. The van der Waals surface area contributed by atoms with Crippen molar-refractivity contribution in [3.8, 4) is 11.1 Å². The summed E-state index contributed by atoms with van der Waals surface area (Å²) < 4.78 is 6.01. The summed E-state index contributed by atoms with van der Waals surface area (Å²) in [6.45, 7) is 24.2. The van der Waals surface area contributed by atoms with Gasteiger partial charge in [0.15, 0.2) is 0 Å². The summed E-state index contributed by atoms with van der Waals surface area (Å²) in [7, 11) is -2.50. The first kappa shape index (κ1) is 24.4. The highest BCUT2D eigenvalue weighted by molar-refractivity contribution is 7.39. The van der Waals surface area contributed by atoms with Crippen molar-refractivity contribution in [2.24, 2.45) is 0 Å². The Labute approximate surface area is 189 Å². The van der Waals surface area contributed by atoms with Crippen molar-refractivity contribution in [1.29, 1.82) is 0 Å². The molecule has 3 nitrogen and oxygen atoms in total. The standard InChI is InChI=1S/C27H39O3P/c1-15-12-20(25(5,6)7)19-14-27(11,30-31(28)29)24-21(26(8,9)10)13-16(2)18(4)23(24)22(19)17(15)3/h12-13,28-29H,14H2,1-11H3/t27-/m0/s1. The van der Waals surface area contributed by atoms with Crippen LogP contribution < -0.4 is 0 Å². The summed E-state index contributed by atoms with van der Waals surface area (Å²) in [5.74, 6) is 0. The van der Waals surface area contributed by atoms with Gasteiger partial charge in [0.25, 0.3) is 0 Å². The highest BCUT2D eigenvalue weighted by Crippen LogP contribution is 2.55. The first-order valence-corrected chi connectivity index (χ1v) is 12.3. The normalized spacial score (nSPS) is 18.9. The van der Waals surface area contributed by atoms with Crippen LogP contribution in [0, 0.1) is 27.7 Å². The molecule has 1 atom stereocenters. The van der Waals surface area contributed by atoms with Gasteiger partial charge in [0.05, 0.1) is 0 Å². The third-order valence-electron chi connectivity index (χ3n) is 6.99. The van der Waals surface area contributed by atoms with E-state index >= 15 is 0 Å². The fourth-order valence-electron chi connectivity index (χ4n) is 5.21. The van der Waals surface area contributed by atoms with E-state index in [1.165, 1.54) is 50.1 Å². The molecule has 0 heterocycles. The second kappa shape index (κ2) is 7.66. The van der Waals surface area contributed by atoms with Crippen LogP contribution in [0.15, 0.2) is 12.1 Å². The molecule has 0 spiro atoms. The van der Waals surface area contributed by atoms with E-state index in [0.29, 0.717) is 6.42 Å². The average Bonchev–Trinajstić information content (AvgIpc) is 2.57. The summed E-state index contributed by atoms with van der Waals surface area (Å²) in [5, 5.41) is 0. The Kier molecular flexibility index (Phi) is 6.03. The number of fused-ring (bicyclic) bond motifs is 3. The molecule has 0 amide bonds. The highest BCUT2D eigenvalue weighted by atomic mass is 31.2. The lowest BCUT2D eigenvalue weighted by molar-refractivity contribution is 0.0670. The number of hydrogen-bond donors (Lipinski definition) is 2. The second-order valence-electron chi connectivity index (χ2n) is 11.6. The number of hydrogen-bond acceptors (Lipinski definition) is 3. The van der Waals surface area contributed by atoms with Gasteiger partial charge in [0.2, 0.25) is 0 Å². The molecule has 1 aliphatic rings. The van der Waals surface area contributed by atoms with Crippen LogP contribution in [-0.4, -0.2) is 9.79 Å². The summed E-state index contributed by atoms with van der Waals surface area (Å²) in [4.78, 5) is 20.0. The minimum Gasteiger partial charge on any atom is -0.328 e. The van der Waals surface area contributed by atoms with Crippen LogP contribution in [0.2, 0.25) is 0 Å². The molecule has 2 N–H and O–H groups in total. The third-order valence-corrected chi connectivity index (χ3v) is 7.56. The van der Waals surface area contributed by atoms with Gasteiger partial charge in [-0.1, -0.05) is 53.7 Å². The predicted molar refractivity (Wildman–Crippen MR) is 132 cm³/mol. The first-order valence-electron chi connectivity index (χ1n) is 11.1. The van der Waals surface area contributed by atoms with Crippen molar-refractivity contribution in [3.05, 3.63) is 56.6 Å². The van der Waals surface area contributed by atoms with Crippen molar-refractivity contribution >= 4 is 8.60 Å². The Morgan fingerprint density at radius 1 is 0.806 bits per heavy atom. The summed E-state index contributed by atoms with van der Waals surface area (Å²) in [6, 6.07) is 4.59. The van der Waals surface area contributed by atoms with Crippen LogP contribution in [0.3, 0.4) is 0 Å². The fourth-order valence-corrected chi connectivity index (χ4v) is 5.73. The van der Waals surface area contributed by atoms with Crippen LogP contribution in [0.5, 0.6) is 0 Å². The zero-order chi connectivity index (χ0) is 23.7. The molecule has 0 aliphatic heterocycles. The quantitative estimate of drug-likeness (QED) is 0.484. The van der Waals surface area contributed by atoms with E-state index in [-0.39, 0.29) is 10.8 Å². The van der Waals surface area contributed by atoms with Gasteiger partial charge in [-0.25, -0.2) is 0 Å². The smallest absolute Gasteiger partial charge is 0.327 e. The van der Waals surface area contributed by atoms with E-state index in [2.05, 4.69) is 81.4 Å². The van der Waals surface area contributed by atoms with Crippen molar-refractivity contribution in [1.82, 2.24) is 0 Å². The molecule has 0 fully saturated rings. The Morgan fingerprint density at radius 2 is 1.26 bits per heavy atom. The molecule has 3 rings (SSSR count). The monoisotopic (exact) mass is 442 g/mol. The second-order valence-corrected chi connectivity index (χ2v) is 12.3. The first-order chi connectivity index (χ1) is 14.0. The summed E-state index contributed by atoms with van der Waals surface area (Å²) >= 11 is 0. The molecule has 0 aromatic heterocycles. The minimum absolute atomic E-state index is 0.0330. The Bertz CT molecular complexity index is 1040. The maximum absolute atomic E-state index is 9.99. The van der Waals surface area contributed by atoms with Crippen molar-refractivity contribution < 1.29 is 14.3 Å². The van der Waals surface area contributed by atoms with E-state index < -0.39 is 14.2 Å².